The SMILES string of the molecule is CCCC(O)CCCCCCCCC(CCCCC(=O)[O-])OCc1ccccc1.CCCC(O)CCCCCCCCC(CCCCC(=O)[O-])OCc1ccccc1.[Ba+2]. The van der Waals surface area contributed by atoms with Gasteiger partial charge in [-0.25, -0.2) is 0 Å². The molecule has 0 bridgehead atoms. The summed E-state index contributed by atoms with van der Waals surface area (Å²) in [4.78, 5) is 21.2. The van der Waals surface area contributed by atoms with Crippen LogP contribution in [0, 0.1) is 0 Å². The standard InChI is InChI=1S/2C25H42O4.Ba/c2*1-2-14-23(26)17-10-5-3-4-6-11-18-24(19-12-13-20-25(27)28)29-21-22-15-8-7-9-16-22;/h2*7-9,15-16,23-24,26H,2-6,10-14,17-21H2,1H3,(H,27,28);/q;;+2/p-2. The zero-order valence-corrected chi connectivity index (χ0v) is 41.8. The number of hydrogen-bond donors (Lipinski definition) is 2. The van der Waals surface area contributed by atoms with Gasteiger partial charge in [0.05, 0.1) is 37.6 Å². The Kier molecular flexibility index (Phi) is 41.2. The predicted molar refractivity (Wildman–Crippen MR) is 238 cm³/mol. The minimum absolute atomic E-state index is 0. The van der Waals surface area contributed by atoms with E-state index in [1.54, 1.807) is 0 Å². The summed E-state index contributed by atoms with van der Waals surface area (Å²) in [5.74, 6) is -1.93. The number of benzene rings is 2. The summed E-state index contributed by atoms with van der Waals surface area (Å²) in [6.45, 7) is 5.46. The number of ether oxygens (including phenoxy) is 2. The molecule has 2 aromatic rings. The predicted octanol–water partition coefficient (Wildman–Crippen LogP) is 9.95. The fraction of sp³-hybridized carbons (Fsp3) is 0.720. The van der Waals surface area contributed by atoms with E-state index < -0.39 is 11.9 Å². The molecule has 4 unspecified atom stereocenters. The second-order valence-electron chi connectivity index (χ2n) is 16.4. The molecule has 0 aromatic heterocycles. The Labute approximate surface area is 400 Å². The molecule has 0 aliphatic heterocycles. The van der Waals surface area contributed by atoms with Crippen LogP contribution in [0.5, 0.6) is 0 Å². The molecule has 8 nitrogen and oxygen atoms in total. The van der Waals surface area contributed by atoms with Gasteiger partial charge in [-0.3, -0.25) is 0 Å². The third-order valence-electron chi connectivity index (χ3n) is 10.8. The number of aliphatic carboxylic acids is 2. The van der Waals surface area contributed by atoms with Crippen molar-refractivity contribution in [1.82, 2.24) is 0 Å². The molecule has 0 amide bonds. The van der Waals surface area contributed by atoms with Crippen molar-refractivity contribution in [2.45, 2.75) is 231 Å². The van der Waals surface area contributed by atoms with E-state index in [0.717, 1.165) is 103 Å². The first kappa shape index (κ1) is 57.8. The fourth-order valence-corrected chi connectivity index (χ4v) is 7.35. The molecule has 0 saturated heterocycles. The van der Waals surface area contributed by atoms with Gasteiger partial charge in [-0.1, -0.05) is 177 Å². The Balaban J connectivity index is 0.00000112. The largest absolute Gasteiger partial charge is 2.00 e. The summed E-state index contributed by atoms with van der Waals surface area (Å²) in [5, 5.41) is 40.7. The number of carbonyl (C=O) groups is 2. The van der Waals surface area contributed by atoms with Crippen molar-refractivity contribution in [1.29, 1.82) is 0 Å². The first-order chi connectivity index (χ1) is 28.2. The van der Waals surface area contributed by atoms with Crippen LogP contribution in [0.3, 0.4) is 0 Å². The number of aliphatic hydroxyl groups excluding tert-OH is 2. The maximum atomic E-state index is 10.6. The summed E-state index contributed by atoms with van der Waals surface area (Å²) in [6.07, 6.45) is 27.6. The number of unbranched alkanes of at least 4 members (excludes halogenated alkanes) is 12. The molecule has 0 saturated carbocycles. The van der Waals surface area contributed by atoms with Crippen LogP contribution < -0.4 is 10.2 Å². The average molecular weight is 949 g/mol. The zero-order valence-electron chi connectivity index (χ0n) is 37.3. The summed E-state index contributed by atoms with van der Waals surface area (Å²) < 4.78 is 12.3. The summed E-state index contributed by atoms with van der Waals surface area (Å²) in [5.41, 5.74) is 2.36. The third-order valence-corrected chi connectivity index (χ3v) is 10.8. The Hall–Kier alpha value is -1.21. The molecule has 2 aromatic carbocycles. The molecule has 0 aliphatic carbocycles. The van der Waals surface area contributed by atoms with Crippen LogP contribution in [0.4, 0.5) is 0 Å². The van der Waals surface area contributed by atoms with E-state index in [9.17, 15) is 30.0 Å². The van der Waals surface area contributed by atoms with Crippen LogP contribution in [0.15, 0.2) is 60.7 Å². The van der Waals surface area contributed by atoms with Gasteiger partial charge >= 0.3 is 48.9 Å². The summed E-state index contributed by atoms with van der Waals surface area (Å²) >= 11 is 0. The molecule has 2 rings (SSSR count). The van der Waals surface area contributed by atoms with Gasteiger partial charge in [0.25, 0.3) is 0 Å². The Morgan fingerprint density at radius 2 is 0.746 bits per heavy atom. The van der Waals surface area contributed by atoms with E-state index >= 15 is 0 Å². The fourth-order valence-electron chi connectivity index (χ4n) is 7.35. The molecular weight excluding hydrogens is 866 g/mol. The van der Waals surface area contributed by atoms with Crippen molar-refractivity contribution >= 4 is 60.8 Å². The monoisotopic (exact) mass is 949 g/mol. The van der Waals surface area contributed by atoms with Crippen molar-refractivity contribution in [2.24, 2.45) is 0 Å². The normalized spacial score (nSPS) is 13.1. The summed E-state index contributed by atoms with van der Waals surface area (Å²) in [6, 6.07) is 20.4. The van der Waals surface area contributed by atoms with E-state index in [1.807, 2.05) is 36.4 Å². The van der Waals surface area contributed by atoms with Crippen LogP contribution in [0.1, 0.15) is 205 Å². The van der Waals surface area contributed by atoms with E-state index in [-0.39, 0.29) is 86.1 Å². The van der Waals surface area contributed by atoms with E-state index in [0.29, 0.717) is 26.1 Å². The van der Waals surface area contributed by atoms with Crippen LogP contribution in [0.2, 0.25) is 0 Å². The molecule has 0 fully saturated rings. The molecule has 9 heteroatoms. The van der Waals surface area contributed by atoms with Gasteiger partial charge in [0.1, 0.15) is 0 Å². The van der Waals surface area contributed by atoms with E-state index in [1.165, 1.54) is 62.5 Å². The van der Waals surface area contributed by atoms with Crippen LogP contribution in [-0.2, 0) is 32.3 Å². The smallest absolute Gasteiger partial charge is 0.550 e. The Morgan fingerprint density at radius 1 is 0.458 bits per heavy atom. The third kappa shape index (κ3) is 38.2. The van der Waals surface area contributed by atoms with Gasteiger partial charge in [-0.05, 0) is 88.2 Å². The van der Waals surface area contributed by atoms with Crippen molar-refractivity contribution < 1.29 is 39.5 Å². The van der Waals surface area contributed by atoms with Crippen molar-refractivity contribution in [3.05, 3.63) is 71.8 Å². The minimum Gasteiger partial charge on any atom is -0.550 e. The van der Waals surface area contributed by atoms with Crippen LogP contribution in [-0.4, -0.2) is 95.4 Å². The molecular formula is C50H82BaO8. The number of carbonyl (C=O) groups excluding carboxylic acids is 2. The van der Waals surface area contributed by atoms with Gasteiger partial charge in [-0.15, -0.1) is 0 Å². The molecule has 0 radical (unpaired) electrons. The number of rotatable bonds is 38. The van der Waals surface area contributed by atoms with Crippen molar-refractivity contribution in [3.63, 3.8) is 0 Å². The van der Waals surface area contributed by atoms with Gasteiger partial charge in [0.2, 0.25) is 0 Å². The number of hydrogen-bond acceptors (Lipinski definition) is 8. The quantitative estimate of drug-likeness (QED) is 0.0501. The second kappa shape index (κ2) is 42.1. The summed E-state index contributed by atoms with van der Waals surface area (Å²) in [7, 11) is 0. The van der Waals surface area contributed by atoms with E-state index in [4.69, 9.17) is 9.47 Å². The molecule has 4 atom stereocenters. The van der Waals surface area contributed by atoms with Crippen molar-refractivity contribution in [3.8, 4) is 0 Å². The number of carboxylic acid groups (broad SMARTS) is 2. The molecule has 332 valence electrons. The molecule has 0 aliphatic rings. The first-order valence-electron chi connectivity index (χ1n) is 23.3. The number of carboxylic acids is 2. The first-order valence-corrected chi connectivity index (χ1v) is 23.3. The Morgan fingerprint density at radius 3 is 1.05 bits per heavy atom. The number of aliphatic hydroxyl groups is 2. The molecule has 59 heavy (non-hydrogen) atoms. The zero-order chi connectivity index (χ0) is 42.3. The molecule has 2 N–H and O–H groups in total. The maximum Gasteiger partial charge on any atom is 2.00 e. The maximum absolute atomic E-state index is 10.6. The Bertz CT molecular complexity index is 1110. The van der Waals surface area contributed by atoms with Gasteiger partial charge < -0.3 is 39.5 Å². The molecule has 0 heterocycles. The topological polar surface area (TPSA) is 139 Å². The van der Waals surface area contributed by atoms with Crippen LogP contribution in [0.25, 0.3) is 0 Å². The van der Waals surface area contributed by atoms with Gasteiger partial charge in [0, 0.05) is 11.9 Å². The average Bonchev–Trinajstić information content (AvgIpc) is 3.21. The van der Waals surface area contributed by atoms with Crippen LogP contribution >= 0.6 is 0 Å². The minimum atomic E-state index is -0.964. The van der Waals surface area contributed by atoms with E-state index in [2.05, 4.69) is 38.1 Å². The van der Waals surface area contributed by atoms with Gasteiger partial charge in [0.15, 0.2) is 0 Å². The van der Waals surface area contributed by atoms with Gasteiger partial charge in [-0.2, -0.15) is 0 Å². The molecule has 0 spiro atoms. The van der Waals surface area contributed by atoms with Crippen molar-refractivity contribution in [2.75, 3.05) is 0 Å². The second-order valence-corrected chi connectivity index (χ2v) is 16.4.